The normalized spacial score (nSPS) is 16.2. The Labute approximate surface area is 267 Å². The quantitative estimate of drug-likeness (QED) is 0.195. The first kappa shape index (κ1) is 31.5. The first-order chi connectivity index (χ1) is 20.5. The molecule has 2 aliphatic heterocycles. The SMILES string of the molecule is CC(C)Oc1cc2c(cc1Nc1ncc(CI)c(Nc3ccccc3S(=O)(=O)C(C)C)n1)C(=O)N(C1CCN(C)CC1)C2. The molecule has 2 aromatic carbocycles. The van der Waals surface area contributed by atoms with E-state index >= 15 is 0 Å². The first-order valence-corrected chi connectivity index (χ1v) is 17.7. The number of para-hydroxylation sites is 1. The predicted octanol–water partition coefficient (Wildman–Crippen LogP) is 5.92. The van der Waals surface area contributed by atoms with Gasteiger partial charge in [0, 0.05) is 34.3 Å². The Kier molecular flexibility index (Phi) is 9.47. The van der Waals surface area contributed by atoms with Gasteiger partial charge in [-0.15, -0.1) is 0 Å². The monoisotopic (exact) mass is 718 g/mol. The molecule has 0 radical (unpaired) electrons. The fourth-order valence-corrected chi connectivity index (χ4v) is 7.17. The number of carbonyl (C=O) groups is 1. The number of likely N-dealkylation sites (tertiary alicyclic amines) is 1. The third-order valence-corrected chi connectivity index (χ3v) is 10.9. The van der Waals surface area contributed by atoms with E-state index in [0.29, 0.717) is 45.4 Å². The lowest BCUT2D eigenvalue weighted by atomic mass is 10.0. The van der Waals surface area contributed by atoms with Crippen LogP contribution in [0.4, 0.5) is 23.1 Å². The molecular formula is C31H39IN6O4S. The molecular weight excluding hydrogens is 679 g/mol. The van der Waals surface area contributed by atoms with E-state index < -0.39 is 15.1 Å². The van der Waals surface area contributed by atoms with Crippen molar-refractivity contribution in [3.8, 4) is 5.75 Å². The second-order valence-corrected chi connectivity index (χ2v) is 14.9. The van der Waals surface area contributed by atoms with Gasteiger partial charge in [-0.1, -0.05) is 34.7 Å². The molecule has 12 heteroatoms. The minimum atomic E-state index is -3.53. The van der Waals surface area contributed by atoms with Gasteiger partial charge in [0.2, 0.25) is 5.95 Å². The molecule has 0 spiro atoms. The Hall–Kier alpha value is -2.97. The minimum Gasteiger partial charge on any atom is -0.489 e. The van der Waals surface area contributed by atoms with Crippen molar-refractivity contribution in [2.24, 2.45) is 0 Å². The number of nitrogens with one attached hydrogen (secondary N) is 2. The summed E-state index contributed by atoms with van der Waals surface area (Å²) in [6, 6.07) is 10.9. The van der Waals surface area contributed by atoms with Gasteiger partial charge < -0.3 is 25.2 Å². The molecule has 230 valence electrons. The lowest BCUT2D eigenvalue weighted by Crippen LogP contribution is -2.43. The molecule has 1 amide bonds. The molecule has 1 saturated heterocycles. The zero-order valence-corrected chi connectivity index (χ0v) is 28.2. The largest absolute Gasteiger partial charge is 0.489 e. The fourth-order valence-electron chi connectivity index (χ4n) is 5.41. The number of carbonyl (C=O) groups excluding carboxylic acids is 1. The number of alkyl halides is 1. The van der Waals surface area contributed by atoms with Gasteiger partial charge in [-0.3, -0.25) is 4.79 Å². The third-order valence-electron chi connectivity index (χ3n) is 7.85. The van der Waals surface area contributed by atoms with Crippen molar-refractivity contribution in [1.29, 1.82) is 0 Å². The van der Waals surface area contributed by atoms with Crippen LogP contribution in [-0.2, 0) is 20.8 Å². The van der Waals surface area contributed by atoms with Gasteiger partial charge in [0.05, 0.1) is 27.6 Å². The maximum atomic E-state index is 13.6. The lowest BCUT2D eigenvalue weighted by molar-refractivity contribution is 0.0617. The number of benzene rings is 2. The summed E-state index contributed by atoms with van der Waals surface area (Å²) in [5, 5.41) is 5.96. The molecule has 1 fully saturated rings. The smallest absolute Gasteiger partial charge is 0.254 e. The number of fused-ring (bicyclic) bond motifs is 1. The topological polar surface area (TPSA) is 117 Å². The zero-order chi connectivity index (χ0) is 30.9. The van der Waals surface area contributed by atoms with Crippen LogP contribution in [0.5, 0.6) is 5.75 Å². The van der Waals surface area contributed by atoms with E-state index in [0.717, 1.165) is 37.1 Å². The highest BCUT2D eigenvalue weighted by Gasteiger charge is 2.35. The van der Waals surface area contributed by atoms with E-state index in [1.807, 2.05) is 30.9 Å². The summed E-state index contributed by atoms with van der Waals surface area (Å²) in [6.45, 7) is 9.79. The maximum Gasteiger partial charge on any atom is 0.254 e. The number of hydrogen-bond donors (Lipinski definition) is 2. The number of rotatable bonds is 10. The molecule has 10 nitrogen and oxygen atoms in total. The number of hydrogen-bond acceptors (Lipinski definition) is 9. The summed E-state index contributed by atoms with van der Waals surface area (Å²) >= 11 is 2.23. The zero-order valence-electron chi connectivity index (χ0n) is 25.2. The maximum absolute atomic E-state index is 13.6. The van der Waals surface area contributed by atoms with Crippen LogP contribution in [0.25, 0.3) is 0 Å². The molecule has 1 aromatic heterocycles. The van der Waals surface area contributed by atoms with Crippen molar-refractivity contribution >= 4 is 61.5 Å². The number of anilines is 4. The standard InChI is InChI=1S/C31H39IN6O4S/c1-19(2)42-27-14-21-18-38(23-10-12-37(5)13-11-23)30(39)24(21)15-26(27)35-31-33-17-22(16-32)29(36-31)34-25-8-6-7-9-28(25)43(40,41)20(3)4/h6-9,14-15,17,19-20,23H,10-13,16,18H2,1-5H3,(H2,33,34,35,36). The molecule has 5 rings (SSSR count). The lowest BCUT2D eigenvalue weighted by Gasteiger charge is -2.34. The summed E-state index contributed by atoms with van der Waals surface area (Å²) in [4.78, 5) is 27.4. The molecule has 2 aliphatic rings. The van der Waals surface area contributed by atoms with Crippen LogP contribution in [0.1, 0.15) is 62.0 Å². The summed E-state index contributed by atoms with van der Waals surface area (Å²) in [5.74, 6) is 1.45. The van der Waals surface area contributed by atoms with Gasteiger partial charge in [-0.05, 0) is 90.5 Å². The summed E-state index contributed by atoms with van der Waals surface area (Å²) in [5.41, 5.74) is 3.48. The number of aromatic nitrogens is 2. The second kappa shape index (κ2) is 12.9. The van der Waals surface area contributed by atoms with E-state index in [2.05, 4.69) is 50.2 Å². The fraction of sp³-hybridized carbons (Fsp3) is 0.452. The van der Waals surface area contributed by atoms with Crippen LogP contribution >= 0.6 is 22.6 Å². The van der Waals surface area contributed by atoms with Crippen LogP contribution in [0, 0.1) is 0 Å². The Morgan fingerprint density at radius 3 is 2.47 bits per heavy atom. The van der Waals surface area contributed by atoms with E-state index in [9.17, 15) is 13.2 Å². The number of amides is 1. The van der Waals surface area contributed by atoms with Crippen molar-refractivity contribution in [3.63, 3.8) is 0 Å². The van der Waals surface area contributed by atoms with Crippen molar-refractivity contribution in [2.45, 2.75) is 73.8 Å². The molecule has 3 heterocycles. The highest BCUT2D eigenvalue weighted by atomic mass is 127. The van der Waals surface area contributed by atoms with Crippen molar-refractivity contribution in [2.75, 3.05) is 30.8 Å². The van der Waals surface area contributed by atoms with Gasteiger partial charge >= 0.3 is 0 Å². The average Bonchev–Trinajstić information content (AvgIpc) is 3.28. The molecule has 0 saturated carbocycles. The van der Waals surface area contributed by atoms with Gasteiger partial charge in [-0.25, -0.2) is 13.4 Å². The average molecular weight is 719 g/mol. The number of piperidine rings is 1. The highest BCUT2D eigenvalue weighted by Crippen LogP contribution is 2.38. The molecule has 3 aromatic rings. The first-order valence-electron chi connectivity index (χ1n) is 14.6. The van der Waals surface area contributed by atoms with Crippen LogP contribution in [0.2, 0.25) is 0 Å². The summed E-state index contributed by atoms with van der Waals surface area (Å²) in [7, 11) is -1.41. The highest BCUT2D eigenvalue weighted by molar-refractivity contribution is 14.1. The van der Waals surface area contributed by atoms with Gasteiger partial charge in [0.1, 0.15) is 11.6 Å². The molecule has 43 heavy (non-hydrogen) atoms. The van der Waals surface area contributed by atoms with Crippen LogP contribution in [-0.4, -0.2) is 71.6 Å². The molecule has 0 aliphatic carbocycles. The van der Waals surface area contributed by atoms with Crippen LogP contribution < -0.4 is 15.4 Å². The van der Waals surface area contributed by atoms with E-state index in [1.54, 1.807) is 44.3 Å². The minimum absolute atomic E-state index is 0.0372. The predicted molar refractivity (Wildman–Crippen MR) is 178 cm³/mol. The van der Waals surface area contributed by atoms with Gasteiger partial charge in [0.15, 0.2) is 9.84 Å². The molecule has 0 atom stereocenters. The van der Waals surface area contributed by atoms with Crippen LogP contribution in [0.15, 0.2) is 47.5 Å². The second-order valence-electron chi connectivity index (χ2n) is 11.7. The summed E-state index contributed by atoms with van der Waals surface area (Å²) < 4.78 is 32.9. The van der Waals surface area contributed by atoms with Crippen molar-refractivity contribution in [3.05, 3.63) is 59.3 Å². The Morgan fingerprint density at radius 1 is 1.07 bits per heavy atom. The Bertz CT molecular complexity index is 1610. The number of sulfone groups is 1. The molecule has 0 unspecified atom stereocenters. The van der Waals surface area contributed by atoms with Crippen molar-refractivity contribution < 1.29 is 17.9 Å². The Balaban J connectivity index is 1.46. The summed E-state index contributed by atoms with van der Waals surface area (Å²) in [6.07, 6.45) is 3.56. The van der Waals surface area contributed by atoms with Crippen molar-refractivity contribution in [1.82, 2.24) is 19.8 Å². The van der Waals surface area contributed by atoms with Gasteiger partial charge in [0.25, 0.3) is 5.91 Å². The van der Waals surface area contributed by atoms with E-state index in [-0.39, 0.29) is 22.9 Å². The van der Waals surface area contributed by atoms with E-state index in [1.165, 1.54) is 0 Å². The van der Waals surface area contributed by atoms with E-state index in [4.69, 9.17) is 9.72 Å². The number of halogens is 1. The number of ether oxygens (including phenoxy) is 1. The molecule has 2 N–H and O–H groups in total. The third kappa shape index (κ3) is 6.75. The number of nitrogens with zero attached hydrogens (tertiary/aromatic N) is 4. The van der Waals surface area contributed by atoms with Gasteiger partial charge in [-0.2, -0.15) is 4.98 Å². The molecule has 0 bridgehead atoms. The Morgan fingerprint density at radius 2 is 1.79 bits per heavy atom. The van der Waals surface area contributed by atoms with Crippen LogP contribution in [0.3, 0.4) is 0 Å².